The van der Waals surface area contributed by atoms with E-state index in [9.17, 15) is 18.0 Å². The topological polar surface area (TPSA) is 45.2 Å². The van der Waals surface area contributed by atoms with E-state index in [4.69, 9.17) is 0 Å². The zero-order chi connectivity index (χ0) is 22.4. The standard InChI is InChI=1S/C24H26F3N3O/c1-3-4-15-30(2)22-13-8-18-16-20(11-12-21(18)29-22)28-23(31)14-7-17-5-9-19(10-6-17)24(25,26)27/h5-6,8-13,16H,3-4,7,14-15H2,1-2H3,(H,28,31). The lowest BCUT2D eigenvalue weighted by Gasteiger charge is -2.18. The van der Waals surface area contributed by atoms with Crippen molar-refractivity contribution in [2.75, 3.05) is 23.8 Å². The van der Waals surface area contributed by atoms with Gasteiger partial charge in [0.05, 0.1) is 11.1 Å². The van der Waals surface area contributed by atoms with Crippen molar-refractivity contribution in [2.45, 2.75) is 38.8 Å². The molecule has 0 spiro atoms. The molecule has 0 aliphatic rings. The average molecular weight is 429 g/mol. The molecule has 7 heteroatoms. The van der Waals surface area contributed by atoms with Gasteiger partial charge in [-0.1, -0.05) is 25.5 Å². The van der Waals surface area contributed by atoms with Crippen LogP contribution < -0.4 is 10.2 Å². The van der Waals surface area contributed by atoms with Crippen LogP contribution in [0.4, 0.5) is 24.7 Å². The van der Waals surface area contributed by atoms with E-state index in [-0.39, 0.29) is 12.3 Å². The molecule has 4 nitrogen and oxygen atoms in total. The summed E-state index contributed by atoms with van der Waals surface area (Å²) in [7, 11) is 2.02. The zero-order valence-electron chi connectivity index (χ0n) is 17.7. The molecule has 0 unspecified atom stereocenters. The second-order valence-electron chi connectivity index (χ2n) is 7.59. The Hall–Kier alpha value is -3.09. The number of alkyl halides is 3. The van der Waals surface area contributed by atoms with E-state index in [1.807, 2.05) is 31.3 Å². The van der Waals surface area contributed by atoms with Gasteiger partial charge in [0.25, 0.3) is 0 Å². The monoisotopic (exact) mass is 429 g/mol. The number of rotatable bonds is 8. The highest BCUT2D eigenvalue weighted by molar-refractivity contribution is 5.94. The predicted molar refractivity (Wildman–Crippen MR) is 118 cm³/mol. The maximum atomic E-state index is 12.6. The van der Waals surface area contributed by atoms with Crippen LogP contribution in [0.1, 0.15) is 37.3 Å². The number of hydrogen-bond donors (Lipinski definition) is 1. The van der Waals surface area contributed by atoms with Crippen LogP contribution in [0.25, 0.3) is 10.9 Å². The highest BCUT2D eigenvalue weighted by Crippen LogP contribution is 2.29. The molecule has 0 atom stereocenters. The number of nitrogens with one attached hydrogen (secondary N) is 1. The Kier molecular flexibility index (Phi) is 7.15. The third-order valence-corrected chi connectivity index (χ3v) is 5.12. The first-order valence-corrected chi connectivity index (χ1v) is 10.3. The van der Waals surface area contributed by atoms with Crippen LogP contribution in [0.2, 0.25) is 0 Å². The first-order chi connectivity index (χ1) is 14.8. The minimum atomic E-state index is -4.35. The van der Waals surface area contributed by atoms with Crippen LogP contribution in [0.5, 0.6) is 0 Å². The average Bonchev–Trinajstić information content (AvgIpc) is 2.75. The summed E-state index contributed by atoms with van der Waals surface area (Å²) < 4.78 is 37.9. The highest BCUT2D eigenvalue weighted by Gasteiger charge is 2.29. The number of benzene rings is 2. The molecule has 1 amide bonds. The van der Waals surface area contributed by atoms with E-state index in [0.29, 0.717) is 17.7 Å². The molecule has 3 rings (SSSR count). The molecule has 1 aromatic heterocycles. The van der Waals surface area contributed by atoms with Gasteiger partial charge in [0.2, 0.25) is 5.91 Å². The molecule has 0 aliphatic heterocycles. The van der Waals surface area contributed by atoms with Gasteiger partial charge in [0.15, 0.2) is 0 Å². The van der Waals surface area contributed by atoms with Crippen molar-refractivity contribution in [1.82, 2.24) is 4.98 Å². The van der Waals surface area contributed by atoms with Crippen LogP contribution >= 0.6 is 0 Å². The number of carbonyl (C=O) groups is 1. The Morgan fingerprint density at radius 1 is 1.06 bits per heavy atom. The number of pyridine rings is 1. The summed E-state index contributed by atoms with van der Waals surface area (Å²) in [5, 5.41) is 3.77. The van der Waals surface area contributed by atoms with Crippen molar-refractivity contribution in [1.29, 1.82) is 0 Å². The molecule has 0 aliphatic carbocycles. The Bertz CT molecular complexity index is 1030. The minimum Gasteiger partial charge on any atom is -0.360 e. The summed E-state index contributed by atoms with van der Waals surface area (Å²) in [5.41, 5.74) is 1.51. The van der Waals surface area contributed by atoms with Crippen LogP contribution in [0, 0.1) is 0 Å². The number of aromatic nitrogens is 1. The molecule has 1 heterocycles. The van der Waals surface area contributed by atoms with Gasteiger partial charge in [-0.05, 0) is 60.9 Å². The van der Waals surface area contributed by atoms with Gasteiger partial charge in [-0.25, -0.2) is 4.98 Å². The van der Waals surface area contributed by atoms with E-state index in [2.05, 4.69) is 22.1 Å². The molecule has 0 saturated carbocycles. The van der Waals surface area contributed by atoms with E-state index in [1.54, 1.807) is 6.07 Å². The van der Waals surface area contributed by atoms with E-state index < -0.39 is 11.7 Å². The van der Waals surface area contributed by atoms with Gasteiger partial charge in [0, 0.05) is 31.1 Å². The lowest BCUT2D eigenvalue weighted by Crippen LogP contribution is -2.19. The Morgan fingerprint density at radius 3 is 2.48 bits per heavy atom. The number of nitrogens with zero attached hydrogens (tertiary/aromatic N) is 2. The van der Waals surface area contributed by atoms with Gasteiger partial charge in [-0.3, -0.25) is 4.79 Å². The van der Waals surface area contributed by atoms with E-state index in [1.165, 1.54) is 12.1 Å². The van der Waals surface area contributed by atoms with Crippen LogP contribution in [0.3, 0.4) is 0 Å². The van der Waals surface area contributed by atoms with Crippen molar-refractivity contribution in [2.24, 2.45) is 0 Å². The normalized spacial score (nSPS) is 11.5. The smallest absolute Gasteiger partial charge is 0.360 e. The van der Waals surface area contributed by atoms with Crippen molar-refractivity contribution in [3.05, 3.63) is 65.7 Å². The second-order valence-corrected chi connectivity index (χ2v) is 7.59. The zero-order valence-corrected chi connectivity index (χ0v) is 17.7. The van der Waals surface area contributed by atoms with Gasteiger partial charge >= 0.3 is 6.18 Å². The molecule has 0 fully saturated rings. The first-order valence-electron chi connectivity index (χ1n) is 10.3. The molecule has 0 radical (unpaired) electrons. The summed E-state index contributed by atoms with van der Waals surface area (Å²) >= 11 is 0. The third-order valence-electron chi connectivity index (χ3n) is 5.12. The van der Waals surface area contributed by atoms with Crippen LogP contribution in [-0.4, -0.2) is 24.5 Å². The highest BCUT2D eigenvalue weighted by atomic mass is 19.4. The quantitative estimate of drug-likeness (QED) is 0.473. The molecule has 0 saturated heterocycles. The summed E-state index contributed by atoms with van der Waals surface area (Å²) in [6, 6.07) is 14.4. The number of anilines is 2. The van der Waals surface area contributed by atoms with Gasteiger partial charge in [-0.2, -0.15) is 13.2 Å². The molecule has 3 aromatic rings. The lowest BCUT2D eigenvalue weighted by atomic mass is 10.1. The minimum absolute atomic E-state index is 0.183. The molecule has 31 heavy (non-hydrogen) atoms. The van der Waals surface area contributed by atoms with Gasteiger partial charge in [-0.15, -0.1) is 0 Å². The largest absolute Gasteiger partial charge is 0.416 e. The molecular weight excluding hydrogens is 403 g/mol. The molecule has 1 N–H and O–H groups in total. The Balaban J connectivity index is 1.59. The maximum absolute atomic E-state index is 12.6. The first kappa shape index (κ1) is 22.6. The van der Waals surface area contributed by atoms with Crippen molar-refractivity contribution in [3.8, 4) is 0 Å². The number of aryl methyl sites for hydroxylation is 1. The fraction of sp³-hybridized carbons (Fsp3) is 0.333. The Morgan fingerprint density at radius 2 is 1.81 bits per heavy atom. The summed E-state index contributed by atoms with van der Waals surface area (Å²) in [4.78, 5) is 19.1. The Labute approximate surface area is 180 Å². The molecule has 164 valence electrons. The van der Waals surface area contributed by atoms with Crippen molar-refractivity contribution < 1.29 is 18.0 Å². The summed E-state index contributed by atoms with van der Waals surface area (Å²) in [6.07, 6.45) is -1.57. The number of halogens is 3. The predicted octanol–water partition coefficient (Wildman–Crippen LogP) is 6.06. The van der Waals surface area contributed by atoms with E-state index in [0.717, 1.165) is 48.2 Å². The number of amides is 1. The number of hydrogen-bond acceptors (Lipinski definition) is 3. The second kappa shape index (κ2) is 9.81. The van der Waals surface area contributed by atoms with E-state index >= 15 is 0 Å². The van der Waals surface area contributed by atoms with Crippen molar-refractivity contribution in [3.63, 3.8) is 0 Å². The third kappa shape index (κ3) is 6.20. The fourth-order valence-corrected chi connectivity index (χ4v) is 3.26. The molecular formula is C24H26F3N3O. The van der Waals surface area contributed by atoms with Crippen LogP contribution in [0.15, 0.2) is 54.6 Å². The van der Waals surface area contributed by atoms with Gasteiger partial charge in [0.1, 0.15) is 5.82 Å². The lowest BCUT2D eigenvalue weighted by molar-refractivity contribution is -0.137. The maximum Gasteiger partial charge on any atom is 0.416 e. The fourth-order valence-electron chi connectivity index (χ4n) is 3.26. The van der Waals surface area contributed by atoms with Crippen LogP contribution in [-0.2, 0) is 17.4 Å². The number of unbranched alkanes of at least 4 members (excludes halogenated alkanes) is 1. The number of carbonyl (C=O) groups excluding carboxylic acids is 1. The molecule has 2 aromatic carbocycles. The number of fused-ring (bicyclic) bond motifs is 1. The summed E-state index contributed by atoms with van der Waals surface area (Å²) in [6.45, 7) is 3.10. The van der Waals surface area contributed by atoms with Gasteiger partial charge < -0.3 is 10.2 Å². The van der Waals surface area contributed by atoms with Crippen molar-refractivity contribution >= 4 is 28.3 Å². The molecule has 0 bridgehead atoms. The SMILES string of the molecule is CCCCN(C)c1ccc2cc(NC(=O)CCc3ccc(C(F)(F)F)cc3)ccc2n1. The summed E-state index contributed by atoms with van der Waals surface area (Å²) in [5.74, 6) is 0.720.